The average Bonchev–Trinajstić information content (AvgIpc) is 3.29. The van der Waals surface area contributed by atoms with Gasteiger partial charge in [0.1, 0.15) is 11.5 Å². The summed E-state index contributed by atoms with van der Waals surface area (Å²) in [5, 5.41) is 1.38. The number of hydrogen-bond donors (Lipinski definition) is 0. The molecule has 32 heavy (non-hydrogen) atoms. The first-order valence-corrected chi connectivity index (χ1v) is 11.8. The number of urea groups is 1. The number of methoxy groups -OCH3 is 1. The van der Waals surface area contributed by atoms with Crippen LogP contribution in [0, 0.1) is 5.92 Å². The molecule has 0 radical (unpaired) electrons. The van der Waals surface area contributed by atoms with Crippen LogP contribution in [0.3, 0.4) is 0 Å². The van der Waals surface area contributed by atoms with Crippen molar-refractivity contribution < 1.29 is 23.7 Å². The molecule has 0 N–H and O–H groups in total. The van der Waals surface area contributed by atoms with E-state index in [4.69, 9.17) is 4.74 Å². The van der Waals surface area contributed by atoms with E-state index in [1.165, 1.54) is 21.2 Å². The number of carbonyl (C=O) groups excluding carboxylic acids is 3. The lowest BCUT2D eigenvalue weighted by Crippen LogP contribution is -2.58. The van der Waals surface area contributed by atoms with Crippen LogP contribution in [0.4, 0.5) is 10.5 Å². The number of allylic oxidation sites excluding steroid dienone is 1. The van der Waals surface area contributed by atoms with E-state index >= 15 is 0 Å². The van der Waals surface area contributed by atoms with E-state index < -0.39 is 11.3 Å². The third-order valence-electron chi connectivity index (χ3n) is 5.89. The Labute approximate surface area is 192 Å². The number of rotatable bonds is 6. The summed E-state index contributed by atoms with van der Waals surface area (Å²) in [7, 11) is 1.66. The normalized spacial score (nSPS) is 21.0. The van der Waals surface area contributed by atoms with Gasteiger partial charge in [0.05, 0.1) is 19.3 Å². The second kappa shape index (κ2) is 9.36. The van der Waals surface area contributed by atoms with Gasteiger partial charge in [-0.15, -0.1) is 11.8 Å². The van der Waals surface area contributed by atoms with E-state index in [0.29, 0.717) is 38.4 Å². The van der Waals surface area contributed by atoms with Crippen LogP contribution in [0.1, 0.15) is 13.8 Å². The van der Waals surface area contributed by atoms with E-state index in [1.54, 1.807) is 18.1 Å². The summed E-state index contributed by atoms with van der Waals surface area (Å²) < 4.78 is 6.95. The van der Waals surface area contributed by atoms with Crippen LogP contribution in [0.25, 0.3) is 0 Å². The van der Waals surface area contributed by atoms with Gasteiger partial charge in [-0.25, -0.2) is 4.79 Å². The van der Waals surface area contributed by atoms with Crippen LogP contribution in [0.2, 0.25) is 0 Å². The molecule has 0 bridgehead atoms. The molecule has 1 unspecified atom stereocenters. The summed E-state index contributed by atoms with van der Waals surface area (Å²) in [6.45, 7) is 6.75. The first kappa shape index (κ1) is 22.4. The van der Waals surface area contributed by atoms with Gasteiger partial charge in [-0.3, -0.25) is 4.79 Å². The predicted octanol–water partition coefficient (Wildman–Crippen LogP) is 2.04. The number of hydrogen-bond acceptors (Lipinski definition) is 6. The van der Waals surface area contributed by atoms with Gasteiger partial charge in [0.2, 0.25) is 0 Å². The molecule has 1 atom stereocenters. The molecule has 3 aliphatic heterocycles. The van der Waals surface area contributed by atoms with Gasteiger partial charge in [-0.2, -0.15) is 14.3 Å². The van der Waals surface area contributed by atoms with Gasteiger partial charge in [-0.05, 0) is 29.5 Å². The summed E-state index contributed by atoms with van der Waals surface area (Å²) >= 11 is 1.39. The van der Waals surface area contributed by atoms with Crippen molar-refractivity contribution in [3.05, 3.63) is 35.7 Å². The molecule has 1 aromatic rings. The van der Waals surface area contributed by atoms with Crippen LogP contribution in [-0.2, 0) is 9.59 Å². The highest BCUT2D eigenvalue weighted by Gasteiger charge is 2.49. The van der Waals surface area contributed by atoms with Crippen LogP contribution < -0.4 is 9.64 Å². The number of para-hydroxylation sites is 2. The summed E-state index contributed by atoms with van der Waals surface area (Å²) in [6.07, 6.45) is 1.78. The average molecular weight is 458 g/mol. The van der Waals surface area contributed by atoms with Crippen molar-refractivity contribution >= 4 is 41.0 Å². The topological polar surface area (TPSA) is 73.2 Å². The van der Waals surface area contributed by atoms with Gasteiger partial charge in [-0.1, -0.05) is 26.0 Å². The maximum Gasteiger partial charge on any atom is 0.501 e. The molecule has 9 heteroatoms. The number of thioether (sulfide) groups is 1. The molecule has 170 valence electrons. The minimum absolute atomic E-state index is 0.0495. The fourth-order valence-electron chi connectivity index (χ4n) is 4.27. The van der Waals surface area contributed by atoms with Crippen molar-refractivity contribution in [3.8, 4) is 5.75 Å². The lowest BCUT2D eigenvalue weighted by molar-refractivity contribution is -0.428. The Morgan fingerprint density at radius 2 is 1.91 bits per heavy atom. The van der Waals surface area contributed by atoms with E-state index in [0.717, 1.165) is 11.4 Å². The fraction of sp³-hybridized carbons (Fsp3) is 0.478. The van der Waals surface area contributed by atoms with Crippen molar-refractivity contribution in [1.82, 2.24) is 9.80 Å². The lowest BCUT2D eigenvalue weighted by atomic mass is 10.1. The Hall–Kier alpha value is -2.81. The number of imide groups is 1. The van der Waals surface area contributed by atoms with Crippen LogP contribution in [0.5, 0.6) is 5.75 Å². The lowest BCUT2D eigenvalue weighted by Gasteiger charge is -2.36. The molecular formula is C23H29N4O4S+. The Morgan fingerprint density at radius 1 is 1.19 bits per heavy atom. The monoisotopic (exact) mass is 457 g/mol. The molecule has 0 aliphatic carbocycles. The SMILES string of the molecule is COc1ccccc1N1CCN(C(=O)C[N+]2=C3C=CSC3C(=O)N(CC(C)C)C2=O)CC1. The van der Waals surface area contributed by atoms with Crippen LogP contribution in [-0.4, -0.2) is 89.6 Å². The van der Waals surface area contributed by atoms with Crippen LogP contribution >= 0.6 is 11.8 Å². The minimum Gasteiger partial charge on any atom is -0.495 e. The first-order valence-electron chi connectivity index (χ1n) is 10.9. The van der Waals surface area contributed by atoms with E-state index in [1.807, 2.05) is 43.5 Å². The molecule has 8 nitrogen and oxygen atoms in total. The minimum atomic E-state index is -0.443. The zero-order chi connectivity index (χ0) is 22.8. The fourth-order valence-corrected chi connectivity index (χ4v) is 5.23. The number of fused-ring (bicyclic) bond motifs is 1. The Kier molecular flexibility index (Phi) is 6.55. The van der Waals surface area contributed by atoms with Crippen molar-refractivity contribution in [1.29, 1.82) is 0 Å². The highest BCUT2D eigenvalue weighted by atomic mass is 32.2. The standard InChI is InChI=1S/C23H29N4O4S/c1-16(2)14-27-22(29)21-18(8-13-32-21)26(23(27)30)15-20(28)25-11-9-24(10-12-25)17-6-4-5-7-19(17)31-3/h4-8,13,16,21H,9-12,14-15H2,1-3H3/q+1. The zero-order valence-electron chi connectivity index (χ0n) is 18.7. The molecule has 1 saturated heterocycles. The number of carbonyl (C=O) groups is 3. The first-order chi connectivity index (χ1) is 15.4. The van der Waals surface area contributed by atoms with Crippen molar-refractivity contribution in [3.63, 3.8) is 0 Å². The van der Waals surface area contributed by atoms with Crippen molar-refractivity contribution in [2.75, 3.05) is 51.3 Å². The highest BCUT2D eigenvalue weighted by Crippen LogP contribution is 2.29. The summed E-state index contributed by atoms with van der Waals surface area (Å²) in [5.41, 5.74) is 1.63. The van der Waals surface area contributed by atoms with Gasteiger partial charge >= 0.3 is 11.9 Å². The molecule has 0 spiro atoms. The molecule has 0 saturated carbocycles. The summed E-state index contributed by atoms with van der Waals surface area (Å²) in [4.78, 5) is 44.3. The molecule has 3 aliphatic rings. The molecular weight excluding hydrogens is 428 g/mol. The Balaban J connectivity index is 1.45. The maximum absolute atomic E-state index is 13.1. The quantitative estimate of drug-likeness (QED) is 0.609. The third-order valence-corrected chi connectivity index (χ3v) is 6.89. The van der Waals surface area contributed by atoms with E-state index in [9.17, 15) is 14.4 Å². The largest absolute Gasteiger partial charge is 0.501 e. The number of piperazine rings is 1. The predicted molar refractivity (Wildman–Crippen MR) is 124 cm³/mol. The summed E-state index contributed by atoms with van der Waals surface area (Å²) in [6, 6.07) is 7.46. The number of nitrogens with zero attached hydrogens (tertiary/aromatic N) is 4. The number of benzene rings is 1. The maximum atomic E-state index is 13.1. The van der Waals surface area contributed by atoms with Gasteiger partial charge in [0, 0.05) is 26.2 Å². The summed E-state index contributed by atoms with van der Waals surface area (Å²) in [5.74, 6) is 0.676. The van der Waals surface area contributed by atoms with Crippen molar-refractivity contribution in [2.24, 2.45) is 5.92 Å². The Bertz CT molecular complexity index is 982. The van der Waals surface area contributed by atoms with Crippen LogP contribution in [0.15, 0.2) is 35.7 Å². The van der Waals surface area contributed by atoms with Crippen molar-refractivity contribution in [2.45, 2.75) is 19.1 Å². The smallest absolute Gasteiger partial charge is 0.495 e. The second-order valence-electron chi connectivity index (χ2n) is 8.49. The third kappa shape index (κ3) is 4.26. The molecule has 1 aromatic carbocycles. The second-order valence-corrected chi connectivity index (χ2v) is 9.51. The van der Waals surface area contributed by atoms with E-state index in [-0.39, 0.29) is 24.3 Å². The molecule has 4 amide bonds. The number of amides is 4. The molecule has 4 rings (SSSR count). The van der Waals surface area contributed by atoms with Gasteiger partial charge < -0.3 is 14.5 Å². The highest BCUT2D eigenvalue weighted by molar-refractivity contribution is 8.04. The number of ether oxygens (including phenoxy) is 1. The van der Waals surface area contributed by atoms with Gasteiger partial charge in [0.15, 0.2) is 11.8 Å². The molecule has 0 aromatic heterocycles. The molecule has 3 heterocycles. The van der Waals surface area contributed by atoms with Gasteiger partial charge in [0.25, 0.3) is 5.91 Å². The molecule has 1 fully saturated rings. The zero-order valence-corrected chi connectivity index (χ0v) is 19.5. The number of anilines is 1. The Morgan fingerprint density at radius 3 is 2.59 bits per heavy atom. The van der Waals surface area contributed by atoms with E-state index in [2.05, 4.69) is 4.90 Å².